The van der Waals surface area contributed by atoms with Gasteiger partial charge < -0.3 is 19.5 Å². The number of nitrogens with one attached hydrogen (secondary N) is 1. The Labute approximate surface area is 176 Å². The van der Waals surface area contributed by atoms with Gasteiger partial charge in [-0.3, -0.25) is 0 Å². The van der Waals surface area contributed by atoms with Crippen LogP contribution in [0, 0.1) is 0 Å². The molecular formula is C21H29N5O4. The highest BCUT2D eigenvalue weighted by Crippen LogP contribution is 2.38. The zero-order valence-corrected chi connectivity index (χ0v) is 18.0. The van der Waals surface area contributed by atoms with Gasteiger partial charge in [0.15, 0.2) is 11.5 Å². The van der Waals surface area contributed by atoms with E-state index >= 15 is 0 Å². The van der Waals surface area contributed by atoms with Crippen molar-refractivity contribution in [1.29, 1.82) is 0 Å². The summed E-state index contributed by atoms with van der Waals surface area (Å²) in [6, 6.07) is 4.95. The number of esters is 1. The fourth-order valence-electron chi connectivity index (χ4n) is 3.56. The SMILES string of the molecule is CCCCCCCOC(=O)C1=C(C)Nc2nnnn2C1c1ccc(OC)c(OC)c1. The van der Waals surface area contributed by atoms with Crippen molar-refractivity contribution in [2.24, 2.45) is 0 Å². The normalized spacial score (nSPS) is 15.4. The number of tetrazole rings is 1. The molecule has 3 rings (SSSR count). The molecule has 30 heavy (non-hydrogen) atoms. The summed E-state index contributed by atoms with van der Waals surface area (Å²) in [6.45, 7) is 4.39. The van der Waals surface area contributed by atoms with E-state index < -0.39 is 6.04 Å². The maximum Gasteiger partial charge on any atom is 0.338 e. The fourth-order valence-corrected chi connectivity index (χ4v) is 3.56. The lowest BCUT2D eigenvalue weighted by atomic mass is 9.95. The highest BCUT2D eigenvalue weighted by molar-refractivity contribution is 5.92. The number of fused-ring (bicyclic) bond motifs is 1. The van der Waals surface area contributed by atoms with E-state index in [9.17, 15) is 4.79 Å². The van der Waals surface area contributed by atoms with E-state index in [-0.39, 0.29) is 5.97 Å². The molecule has 0 fully saturated rings. The molecule has 0 spiro atoms. The molecule has 0 radical (unpaired) electrons. The van der Waals surface area contributed by atoms with Crippen molar-refractivity contribution >= 4 is 11.9 Å². The molecule has 9 nitrogen and oxygen atoms in total. The highest BCUT2D eigenvalue weighted by atomic mass is 16.5. The van der Waals surface area contributed by atoms with Crippen LogP contribution < -0.4 is 14.8 Å². The van der Waals surface area contributed by atoms with Crippen LogP contribution in [0.15, 0.2) is 29.5 Å². The third-order valence-electron chi connectivity index (χ3n) is 5.14. The van der Waals surface area contributed by atoms with Gasteiger partial charge in [-0.25, -0.2) is 4.79 Å². The quantitative estimate of drug-likeness (QED) is 0.465. The van der Waals surface area contributed by atoms with E-state index in [2.05, 4.69) is 27.8 Å². The third kappa shape index (κ3) is 4.55. The number of allylic oxidation sites excluding steroid dienone is 1. The molecule has 1 aliphatic rings. The summed E-state index contributed by atoms with van der Waals surface area (Å²) in [5.74, 6) is 1.24. The summed E-state index contributed by atoms with van der Waals surface area (Å²) in [7, 11) is 3.15. The van der Waals surface area contributed by atoms with Gasteiger partial charge in [-0.15, -0.1) is 0 Å². The molecule has 0 amide bonds. The van der Waals surface area contributed by atoms with Crippen LogP contribution >= 0.6 is 0 Å². The molecule has 1 N–H and O–H groups in total. The van der Waals surface area contributed by atoms with Crippen molar-refractivity contribution in [3.05, 3.63) is 35.0 Å². The molecule has 1 aliphatic heterocycles. The van der Waals surface area contributed by atoms with Gasteiger partial charge in [-0.1, -0.05) is 43.8 Å². The number of unbranched alkanes of at least 4 members (excludes halogenated alkanes) is 4. The van der Waals surface area contributed by atoms with Crippen LogP contribution in [0.2, 0.25) is 0 Å². The molecule has 0 aliphatic carbocycles. The van der Waals surface area contributed by atoms with Gasteiger partial charge in [0.05, 0.1) is 26.4 Å². The van der Waals surface area contributed by atoms with Gasteiger partial charge in [0.2, 0.25) is 5.95 Å². The van der Waals surface area contributed by atoms with Gasteiger partial charge in [-0.05, 0) is 41.5 Å². The maximum absolute atomic E-state index is 13.0. The second kappa shape index (κ2) is 10.1. The van der Waals surface area contributed by atoms with Gasteiger partial charge >= 0.3 is 5.97 Å². The minimum absolute atomic E-state index is 0.378. The molecule has 9 heteroatoms. The largest absolute Gasteiger partial charge is 0.493 e. The average Bonchev–Trinajstić information content (AvgIpc) is 3.22. The Hall–Kier alpha value is -3.10. The number of aromatic nitrogens is 4. The van der Waals surface area contributed by atoms with Gasteiger partial charge in [0.1, 0.15) is 6.04 Å². The molecule has 0 bridgehead atoms. The smallest absolute Gasteiger partial charge is 0.338 e. The molecule has 1 aromatic carbocycles. The van der Waals surface area contributed by atoms with Crippen molar-refractivity contribution in [3.63, 3.8) is 0 Å². The van der Waals surface area contributed by atoms with Crippen LogP contribution in [-0.2, 0) is 9.53 Å². The van der Waals surface area contributed by atoms with Crippen LogP contribution in [0.1, 0.15) is 57.6 Å². The molecule has 1 unspecified atom stereocenters. The minimum atomic E-state index is -0.538. The van der Waals surface area contributed by atoms with Crippen LogP contribution in [0.4, 0.5) is 5.95 Å². The predicted octanol–water partition coefficient (Wildman–Crippen LogP) is 3.49. The summed E-state index contributed by atoms with van der Waals surface area (Å²) in [4.78, 5) is 13.0. The number of anilines is 1. The minimum Gasteiger partial charge on any atom is -0.493 e. The van der Waals surface area contributed by atoms with Crippen LogP contribution in [-0.4, -0.2) is 47.0 Å². The number of carbonyl (C=O) groups excluding carboxylic acids is 1. The molecular weight excluding hydrogens is 386 g/mol. The molecule has 1 aromatic heterocycles. The van der Waals surface area contributed by atoms with Crippen molar-refractivity contribution < 1.29 is 19.0 Å². The number of benzene rings is 1. The summed E-state index contributed by atoms with van der Waals surface area (Å²) in [5.41, 5.74) is 1.92. The Bertz CT molecular complexity index is 909. The Morgan fingerprint density at radius 1 is 1.13 bits per heavy atom. The molecule has 2 aromatic rings. The van der Waals surface area contributed by atoms with E-state index in [1.807, 2.05) is 19.1 Å². The van der Waals surface area contributed by atoms with E-state index in [4.69, 9.17) is 14.2 Å². The number of hydrogen-bond acceptors (Lipinski definition) is 8. The molecule has 0 saturated carbocycles. The lowest BCUT2D eigenvalue weighted by Crippen LogP contribution is -2.30. The van der Waals surface area contributed by atoms with Crippen molar-refractivity contribution in [1.82, 2.24) is 20.2 Å². The van der Waals surface area contributed by atoms with Crippen molar-refractivity contribution in [2.75, 3.05) is 26.1 Å². The zero-order chi connectivity index (χ0) is 21.5. The molecule has 2 heterocycles. The van der Waals surface area contributed by atoms with Gasteiger partial charge in [0, 0.05) is 5.70 Å². The summed E-state index contributed by atoms with van der Waals surface area (Å²) < 4.78 is 17.9. The van der Waals surface area contributed by atoms with E-state index in [0.717, 1.165) is 24.8 Å². The van der Waals surface area contributed by atoms with Crippen molar-refractivity contribution in [3.8, 4) is 11.5 Å². The zero-order valence-electron chi connectivity index (χ0n) is 18.0. The fraction of sp³-hybridized carbons (Fsp3) is 0.524. The lowest BCUT2D eigenvalue weighted by molar-refractivity contribution is -0.139. The highest BCUT2D eigenvalue weighted by Gasteiger charge is 2.35. The number of nitrogens with zero attached hydrogens (tertiary/aromatic N) is 4. The van der Waals surface area contributed by atoms with Crippen molar-refractivity contribution in [2.45, 2.75) is 52.0 Å². The maximum atomic E-state index is 13.0. The summed E-state index contributed by atoms with van der Waals surface area (Å²) >= 11 is 0. The monoisotopic (exact) mass is 415 g/mol. The standard InChI is InChI=1S/C21H29N5O4/c1-5-6-7-8-9-12-30-20(27)18-14(2)22-21-23-24-25-26(21)19(18)15-10-11-16(28-3)17(13-15)29-4/h10-11,13,19H,5-9,12H2,1-4H3,(H,22,23,25). The van der Waals surface area contributed by atoms with Crippen LogP contribution in [0.25, 0.3) is 0 Å². The molecule has 162 valence electrons. The Balaban J connectivity index is 1.86. The average molecular weight is 415 g/mol. The van der Waals surface area contributed by atoms with E-state index in [1.165, 1.54) is 12.8 Å². The topological polar surface area (TPSA) is 100 Å². The Morgan fingerprint density at radius 2 is 1.90 bits per heavy atom. The first-order valence-corrected chi connectivity index (χ1v) is 10.2. The second-order valence-electron chi connectivity index (χ2n) is 7.18. The first-order chi connectivity index (χ1) is 14.6. The first kappa shape index (κ1) is 21.6. The number of methoxy groups -OCH3 is 2. The third-order valence-corrected chi connectivity index (χ3v) is 5.14. The van der Waals surface area contributed by atoms with Gasteiger partial charge in [0.25, 0.3) is 0 Å². The van der Waals surface area contributed by atoms with E-state index in [0.29, 0.717) is 35.3 Å². The second-order valence-corrected chi connectivity index (χ2v) is 7.18. The number of ether oxygens (including phenoxy) is 3. The van der Waals surface area contributed by atoms with Crippen LogP contribution in [0.3, 0.4) is 0 Å². The first-order valence-electron chi connectivity index (χ1n) is 10.2. The number of carbonyl (C=O) groups is 1. The summed E-state index contributed by atoms with van der Waals surface area (Å²) in [5, 5.41) is 14.9. The lowest BCUT2D eigenvalue weighted by Gasteiger charge is -2.27. The predicted molar refractivity (Wildman–Crippen MR) is 112 cm³/mol. The number of rotatable bonds is 10. The van der Waals surface area contributed by atoms with Crippen LogP contribution in [0.5, 0.6) is 11.5 Å². The summed E-state index contributed by atoms with van der Waals surface area (Å²) in [6.07, 6.45) is 5.43. The Morgan fingerprint density at radius 3 is 2.63 bits per heavy atom. The van der Waals surface area contributed by atoms with Gasteiger partial charge in [-0.2, -0.15) is 4.68 Å². The van der Waals surface area contributed by atoms with E-state index in [1.54, 1.807) is 25.0 Å². The molecule has 0 saturated heterocycles. The molecule has 1 atom stereocenters. The Kier molecular flexibility index (Phi) is 7.26. The number of hydrogen-bond donors (Lipinski definition) is 1.